The Hall–Kier alpha value is -3.47. The van der Waals surface area contributed by atoms with Crippen molar-refractivity contribution < 1.29 is 0 Å². The zero-order chi connectivity index (χ0) is 18.9. The van der Waals surface area contributed by atoms with Gasteiger partial charge < -0.3 is 4.90 Å². The minimum atomic E-state index is 0.798. The number of aromatic nitrogens is 4. The van der Waals surface area contributed by atoms with Gasteiger partial charge in [-0.1, -0.05) is 54.6 Å². The molecule has 5 heteroatoms. The average molecular weight is 367 g/mol. The van der Waals surface area contributed by atoms with Crippen LogP contribution in [0, 0.1) is 6.92 Å². The number of nitrogens with zero attached hydrogens (tertiary/aromatic N) is 4. The van der Waals surface area contributed by atoms with Crippen molar-refractivity contribution in [3.05, 3.63) is 83.9 Å². The van der Waals surface area contributed by atoms with Gasteiger partial charge in [-0.15, -0.1) is 0 Å². The van der Waals surface area contributed by atoms with Gasteiger partial charge in [0.2, 0.25) is 0 Å². The summed E-state index contributed by atoms with van der Waals surface area (Å²) >= 11 is 0. The highest BCUT2D eigenvalue weighted by Gasteiger charge is 2.23. The Morgan fingerprint density at radius 3 is 2.43 bits per heavy atom. The number of benzene rings is 2. The van der Waals surface area contributed by atoms with E-state index in [1.54, 1.807) is 0 Å². The van der Waals surface area contributed by atoms with Crippen molar-refractivity contribution in [3.8, 4) is 22.4 Å². The lowest BCUT2D eigenvalue weighted by Crippen LogP contribution is -2.31. The van der Waals surface area contributed by atoms with E-state index in [4.69, 9.17) is 0 Å². The summed E-state index contributed by atoms with van der Waals surface area (Å²) in [5.74, 6) is 1.77. The summed E-state index contributed by atoms with van der Waals surface area (Å²) in [5.41, 5.74) is 7.09. The summed E-state index contributed by atoms with van der Waals surface area (Å²) in [6.07, 6.45) is 2.76. The predicted molar refractivity (Wildman–Crippen MR) is 111 cm³/mol. The molecule has 1 N–H and O–H groups in total. The van der Waals surface area contributed by atoms with E-state index >= 15 is 0 Å². The van der Waals surface area contributed by atoms with Crippen LogP contribution in [-0.2, 0) is 13.0 Å². The van der Waals surface area contributed by atoms with Gasteiger partial charge in [-0.05, 0) is 24.1 Å². The maximum Gasteiger partial charge on any atom is 0.132 e. The molecule has 138 valence electrons. The van der Waals surface area contributed by atoms with E-state index in [0.29, 0.717) is 0 Å². The molecule has 0 fully saturated rings. The van der Waals surface area contributed by atoms with Crippen LogP contribution in [-0.4, -0.2) is 26.7 Å². The normalized spacial score (nSPS) is 13.4. The summed E-state index contributed by atoms with van der Waals surface area (Å²) in [4.78, 5) is 11.1. The first-order valence-corrected chi connectivity index (χ1v) is 9.54. The molecular formula is C23H21N5. The number of anilines is 1. The zero-order valence-electron chi connectivity index (χ0n) is 15.8. The van der Waals surface area contributed by atoms with Gasteiger partial charge in [0.05, 0.1) is 5.69 Å². The monoisotopic (exact) mass is 367 g/mol. The first kappa shape index (κ1) is 16.7. The number of rotatable bonds is 3. The molecule has 0 bridgehead atoms. The molecular weight excluding hydrogens is 346 g/mol. The first-order chi connectivity index (χ1) is 13.8. The van der Waals surface area contributed by atoms with E-state index in [1.807, 2.05) is 25.3 Å². The third kappa shape index (κ3) is 3.05. The van der Waals surface area contributed by atoms with Crippen molar-refractivity contribution >= 4 is 5.82 Å². The number of hydrogen-bond acceptors (Lipinski definition) is 4. The van der Waals surface area contributed by atoms with Gasteiger partial charge in [-0.2, -0.15) is 5.10 Å². The highest BCUT2D eigenvalue weighted by molar-refractivity contribution is 5.71. The van der Waals surface area contributed by atoms with Crippen molar-refractivity contribution in [2.75, 3.05) is 11.4 Å². The van der Waals surface area contributed by atoms with Gasteiger partial charge in [0.1, 0.15) is 11.6 Å². The van der Waals surface area contributed by atoms with Crippen molar-refractivity contribution in [1.82, 2.24) is 20.2 Å². The molecule has 0 radical (unpaired) electrons. The van der Waals surface area contributed by atoms with E-state index in [0.717, 1.165) is 42.4 Å². The van der Waals surface area contributed by atoms with Crippen molar-refractivity contribution in [3.63, 3.8) is 0 Å². The highest BCUT2D eigenvalue weighted by atomic mass is 15.2. The van der Waals surface area contributed by atoms with Crippen LogP contribution in [0.5, 0.6) is 0 Å². The third-order valence-corrected chi connectivity index (χ3v) is 5.28. The quantitative estimate of drug-likeness (QED) is 0.583. The van der Waals surface area contributed by atoms with Crippen LogP contribution in [0.15, 0.2) is 66.9 Å². The van der Waals surface area contributed by atoms with E-state index in [1.165, 1.54) is 22.4 Å². The van der Waals surface area contributed by atoms with Crippen LogP contribution in [0.25, 0.3) is 22.4 Å². The van der Waals surface area contributed by atoms with Crippen LogP contribution in [0.1, 0.15) is 17.1 Å². The lowest BCUT2D eigenvalue weighted by molar-refractivity contribution is 0.707. The predicted octanol–water partition coefficient (Wildman–Crippen LogP) is 4.40. The van der Waals surface area contributed by atoms with E-state index in [-0.39, 0.29) is 0 Å². The zero-order valence-corrected chi connectivity index (χ0v) is 15.8. The first-order valence-electron chi connectivity index (χ1n) is 9.54. The molecule has 0 saturated heterocycles. The van der Waals surface area contributed by atoms with Gasteiger partial charge in [0, 0.05) is 42.5 Å². The second kappa shape index (κ2) is 6.93. The summed E-state index contributed by atoms with van der Waals surface area (Å²) in [6.45, 7) is 3.66. The molecule has 5 nitrogen and oxygen atoms in total. The molecule has 2 aromatic carbocycles. The molecule has 0 atom stereocenters. The summed E-state index contributed by atoms with van der Waals surface area (Å²) < 4.78 is 0. The van der Waals surface area contributed by atoms with Gasteiger partial charge in [0.25, 0.3) is 0 Å². The molecule has 2 aromatic heterocycles. The molecule has 4 aromatic rings. The number of nitrogens with one attached hydrogen (secondary N) is 1. The van der Waals surface area contributed by atoms with Crippen LogP contribution in [0.4, 0.5) is 5.82 Å². The SMILES string of the molecule is Cc1nccc(N2CCc3[nH]nc(-c4ccc(-c5ccccc5)cc4)c3C2)n1. The minimum Gasteiger partial charge on any atom is -0.352 e. The lowest BCUT2D eigenvalue weighted by Gasteiger charge is -2.28. The Balaban J connectivity index is 1.45. The van der Waals surface area contributed by atoms with Crippen molar-refractivity contribution in [1.29, 1.82) is 0 Å². The Morgan fingerprint density at radius 1 is 0.893 bits per heavy atom. The summed E-state index contributed by atoms with van der Waals surface area (Å²) in [6, 6.07) is 21.1. The second-order valence-electron chi connectivity index (χ2n) is 7.11. The number of aryl methyl sites for hydroxylation is 1. The molecule has 5 rings (SSSR count). The minimum absolute atomic E-state index is 0.798. The molecule has 1 aliphatic rings. The number of hydrogen-bond donors (Lipinski definition) is 1. The number of fused-ring (bicyclic) bond motifs is 1. The van der Waals surface area contributed by atoms with Crippen LogP contribution >= 0.6 is 0 Å². The van der Waals surface area contributed by atoms with Crippen LogP contribution in [0.3, 0.4) is 0 Å². The maximum atomic E-state index is 4.63. The van der Waals surface area contributed by atoms with Crippen LogP contribution < -0.4 is 4.90 Å². The Morgan fingerprint density at radius 2 is 1.64 bits per heavy atom. The molecule has 0 unspecified atom stereocenters. The van der Waals surface area contributed by atoms with Crippen LogP contribution in [0.2, 0.25) is 0 Å². The fourth-order valence-corrected chi connectivity index (χ4v) is 3.80. The third-order valence-electron chi connectivity index (χ3n) is 5.28. The van der Waals surface area contributed by atoms with E-state index in [2.05, 4.69) is 73.6 Å². The topological polar surface area (TPSA) is 57.7 Å². The molecule has 28 heavy (non-hydrogen) atoms. The fraction of sp³-hybridized carbons (Fsp3) is 0.174. The van der Waals surface area contributed by atoms with Gasteiger partial charge in [-0.25, -0.2) is 9.97 Å². The Labute approximate surface area is 164 Å². The standard InChI is InChI=1S/C23H21N5/c1-16-24-13-11-22(25-16)28-14-12-21-20(15-28)23(27-26-21)19-9-7-18(8-10-19)17-5-3-2-4-6-17/h2-11,13H,12,14-15H2,1H3,(H,26,27). The van der Waals surface area contributed by atoms with Crippen molar-refractivity contribution in [2.45, 2.75) is 19.9 Å². The smallest absolute Gasteiger partial charge is 0.132 e. The Kier molecular flexibility index (Phi) is 4.13. The second-order valence-corrected chi connectivity index (χ2v) is 7.11. The van der Waals surface area contributed by atoms with Gasteiger partial charge in [-0.3, -0.25) is 5.10 Å². The number of aromatic amines is 1. The highest BCUT2D eigenvalue weighted by Crippen LogP contribution is 2.31. The van der Waals surface area contributed by atoms with Crippen molar-refractivity contribution in [2.24, 2.45) is 0 Å². The Bertz CT molecular complexity index is 1100. The lowest BCUT2D eigenvalue weighted by atomic mass is 9.98. The molecule has 3 heterocycles. The maximum absolute atomic E-state index is 4.63. The average Bonchev–Trinajstić information content (AvgIpc) is 3.18. The molecule has 0 spiro atoms. The van der Waals surface area contributed by atoms with E-state index in [9.17, 15) is 0 Å². The van der Waals surface area contributed by atoms with E-state index < -0.39 is 0 Å². The molecule has 1 aliphatic heterocycles. The van der Waals surface area contributed by atoms with Gasteiger partial charge in [0.15, 0.2) is 0 Å². The summed E-state index contributed by atoms with van der Waals surface area (Å²) in [7, 11) is 0. The molecule has 0 aliphatic carbocycles. The molecule has 0 amide bonds. The number of H-pyrrole nitrogens is 1. The summed E-state index contributed by atoms with van der Waals surface area (Å²) in [5, 5.41) is 7.88. The van der Waals surface area contributed by atoms with Gasteiger partial charge >= 0.3 is 0 Å². The largest absolute Gasteiger partial charge is 0.352 e. The molecule has 0 saturated carbocycles. The fourth-order valence-electron chi connectivity index (χ4n) is 3.80.